The number of likely N-dealkylation sites (tertiary alicyclic amines) is 1. The van der Waals surface area contributed by atoms with Gasteiger partial charge in [0.15, 0.2) is 0 Å². The van der Waals surface area contributed by atoms with E-state index in [-0.39, 0.29) is 0 Å². The van der Waals surface area contributed by atoms with Crippen LogP contribution in [0.4, 0.5) is 0 Å². The van der Waals surface area contributed by atoms with E-state index in [0.717, 1.165) is 25.6 Å². The first kappa shape index (κ1) is 13.1. The zero-order valence-electron chi connectivity index (χ0n) is 10.9. The molecule has 1 aliphatic heterocycles. The lowest BCUT2D eigenvalue weighted by molar-refractivity contribution is 0.188. The van der Waals surface area contributed by atoms with E-state index < -0.39 is 0 Å². The summed E-state index contributed by atoms with van der Waals surface area (Å²) in [6.45, 7) is 3.27. The molecule has 0 atom stereocenters. The van der Waals surface area contributed by atoms with Crippen LogP contribution in [0.2, 0.25) is 0 Å². The van der Waals surface area contributed by atoms with Crippen LogP contribution in [0.25, 0.3) is 0 Å². The Labute approximate surface area is 109 Å². The minimum Gasteiger partial charge on any atom is -0.388 e. The molecule has 98 valence electrons. The average molecular weight is 245 g/mol. The van der Waals surface area contributed by atoms with Crippen LogP contribution in [0.1, 0.15) is 24.8 Å². The number of nitrogens with zero attached hydrogens (tertiary/aromatic N) is 1. The number of piperidine rings is 1. The highest BCUT2D eigenvalue weighted by molar-refractivity contribution is 5.76. The van der Waals surface area contributed by atoms with Crippen molar-refractivity contribution in [3.63, 3.8) is 0 Å². The molecule has 3 heteroatoms. The van der Waals surface area contributed by atoms with Crippen LogP contribution >= 0.6 is 0 Å². The van der Waals surface area contributed by atoms with Crippen molar-refractivity contribution in [3.8, 4) is 0 Å². The lowest BCUT2D eigenvalue weighted by atomic mass is 9.90. The summed E-state index contributed by atoms with van der Waals surface area (Å²) >= 11 is 0. The molecule has 0 unspecified atom stereocenters. The smallest absolute Gasteiger partial charge is 0.0918 e. The quantitative estimate of drug-likeness (QED) is 0.617. The van der Waals surface area contributed by atoms with Gasteiger partial charge in [0.2, 0.25) is 0 Å². The second-order valence-electron chi connectivity index (χ2n) is 5.25. The number of hydrogen-bond acceptors (Lipinski definition) is 2. The predicted octanol–water partition coefficient (Wildman–Crippen LogP) is 2.27. The van der Waals surface area contributed by atoms with Crippen LogP contribution in [0.15, 0.2) is 30.3 Å². The maximum Gasteiger partial charge on any atom is 0.0918 e. The van der Waals surface area contributed by atoms with Gasteiger partial charge in [-0.2, -0.15) is 0 Å². The molecule has 3 nitrogen and oxygen atoms in total. The van der Waals surface area contributed by atoms with Gasteiger partial charge in [-0.25, -0.2) is 0 Å². The van der Waals surface area contributed by atoms with Gasteiger partial charge in [0.25, 0.3) is 0 Å². The van der Waals surface area contributed by atoms with Gasteiger partial charge in [-0.15, -0.1) is 0 Å². The molecular weight excluding hydrogens is 222 g/mol. The lowest BCUT2D eigenvalue weighted by Gasteiger charge is -2.31. The summed E-state index contributed by atoms with van der Waals surface area (Å²) in [5.41, 5.74) is 6.85. The summed E-state index contributed by atoms with van der Waals surface area (Å²) < 4.78 is 0. The van der Waals surface area contributed by atoms with Gasteiger partial charge in [0.05, 0.1) is 5.84 Å². The van der Waals surface area contributed by atoms with Gasteiger partial charge in [0, 0.05) is 13.0 Å². The molecule has 0 aromatic heterocycles. The van der Waals surface area contributed by atoms with E-state index in [0.29, 0.717) is 12.3 Å². The first-order chi connectivity index (χ1) is 8.74. The van der Waals surface area contributed by atoms with Gasteiger partial charge < -0.3 is 10.6 Å². The zero-order chi connectivity index (χ0) is 12.8. The Balaban J connectivity index is 1.72. The van der Waals surface area contributed by atoms with E-state index in [4.69, 9.17) is 11.1 Å². The lowest BCUT2D eigenvalue weighted by Crippen LogP contribution is -2.36. The van der Waals surface area contributed by atoms with Gasteiger partial charge in [-0.1, -0.05) is 30.3 Å². The van der Waals surface area contributed by atoms with Crippen molar-refractivity contribution in [2.75, 3.05) is 19.6 Å². The summed E-state index contributed by atoms with van der Waals surface area (Å²) in [4.78, 5) is 2.43. The van der Waals surface area contributed by atoms with Gasteiger partial charge in [-0.05, 0) is 43.8 Å². The van der Waals surface area contributed by atoms with Crippen molar-refractivity contribution in [3.05, 3.63) is 35.9 Å². The summed E-state index contributed by atoms with van der Waals surface area (Å²) in [5, 5.41) is 7.25. The second-order valence-corrected chi connectivity index (χ2v) is 5.25. The van der Waals surface area contributed by atoms with Crippen molar-refractivity contribution < 1.29 is 0 Å². The van der Waals surface area contributed by atoms with Crippen molar-refractivity contribution in [1.82, 2.24) is 4.90 Å². The van der Waals surface area contributed by atoms with Gasteiger partial charge >= 0.3 is 0 Å². The molecule has 18 heavy (non-hydrogen) atoms. The monoisotopic (exact) mass is 245 g/mol. The van der Waals surface area contributed by atoms with E-state index >= 15 is 0 Å². The Morgan fingerprint density at radius 3 is 2.50 bits per heavy atom. The maximum absolute atomic E-state index is 7.25. The number of benzene rings is 1. The summed E-state index contributed by atoms with van der Waals surface area (Å²) in [5.74, 6) is 1.13. The van der Waals surface area contributed by atoms with E-state index in [1.165, 1.54) is 24.8 Å². The van der Waals surface area contributed by atoms with Crippen LogP contribution in [0.5, 0.6) is 0 Å². The SMILES string of the molecule is N=C(N)CCN1CCC(Cc2ccccc2)CC1. The molecule has 1 aromatic carbocycles. The van der Waals surface area contributed by atoms with Crippen LogP contribution in [-0.2, 0) is 6.42 Å². The number of nitrogens with one attached hydrogen (secondary N) is 1. The van der Waals surface area contributed by atoms with E-state index in [1.807, 2.05) is 0 Å². The topological polar surface area (TPSA) is 53.1 Å². The third-order valence-electron chi connectivity index (χ3n) is 3.77. The highest BCUT2D eigenvalue weighted by Gasteiger charge is 2.19. The number of rotatable bonds is 5. The third kappa shape index (κ3) is 4.15. The number of amidine groups is 1. The molecule has 1 heterocycles. The highest BCUT2D eigenvalue weighted by atomic mass is 15.1. The molecule has 0 spiro atoms. The standard InChI is InChI=1S/C15H23N3/c16-15(17)8-11-18-9-6-14(7-10-18)12-13-4-2-1-3-5-13/h1-5,14H,6-12H2,(H3,16,17). The Bertz CT molecular complexity index is 367. The molecule has 3 N–H and O–H groups in total. The second kappa shape index (κ2) is 6.55. The molecule has 2 rings (SSSR count). The fourth-order valence-electron chi connectivity index (χ4n) is 2.64. The van der Waals surface area contributed by atoms with Crippen molar-refractivity contribution in [2.24, 2.45) is 11.7 Å². The summed E-state index contributed by atoms with van der Waals surface area (Å²) in [6.07, 6.45) is 4.46. The van der Waals surface area contributed by atoms with Crippen LogP contribution < -0.4 is 5.73 Å². The van der Waals surface area contributed by atoms with Crippen LogP contribution in [0, 0.1) is 11.3 Å². The number of nitrogens with two attached hydrogens (primary N) is 1. The minimum atomic E-state index is 0.307. The molecule has 1 saturated heterocycles. The number of hydrogen-bond donors (Lipinski definition) is 2. The maximum atomic E-state index is 7.25. The molecule has 0 radical (unpaired) electrons. The summed E-state index contributed by atoms with van der Waals surface area (Å²) in [7, 11) is 0. The third-order valence-corrected chi connectivity index (χ3v) is 3.77. The van der Waals surface area contributed by atoms with Crippen molar-refractivity contribution in [2.45, 2.75) is 25.7 Å². The predicted molar refractivity (Wildman–Crippen MR) is 75.8 cm³/mol. The highest BCUT2D eigenvalue weighted by Crippen LogP contribution is 2.21. The molecule has 0 bridgehead atoms. The molecule has 1 aliphatic rings. The first-order valence-corrected chi connectivity index (χ1v) is 6.83. The fourth-order valence-corrected chi connectivity index (χ4v) is 2.64. The Hall–Kier alpha value is -1.35. The van der Waals surface area contributed by atoms with Crippen molar-refractivity contribution >= 4 is 5.84 Å². The molecule has 1 fully saturated rings. The minimum absolute atomic E-state index is 0.307. The normalized spacial score (nSPS) is 17.8. The zero-order valence-corrected chi connectivity index (χ0v) is 10.9. The molecule has 0 aliphatic carbocycles. The van der Waals surface area contributed by atoms with Crippen molar-refractivity contribution in [1.29, 1.82) is 5.41 Å². The van der Waals surface area contributed by atoms with Crippen LogP contribution in [0.3, 0.4) is 0 Å². The Kier molecular flexibility index (Phi) is 4.76. The average Bonchev–Trinajstić information content (AvgIpc) is 2.39. The first-order valence-electron chi connectivity index (χ1n) is 6.83. The largest absolute Gasteiger partial charge is 0.388 e. The van der Waals surface area contributed by atoms with E-state index in [9.17, 15) is 0 Å². The van der Waals surface area contributed by atoms with E-state index in [2.05, 4.69) is 35.2 Å². The van der Waals surface area contributed by atoms with Gasteiger partial charge in [0.1, 0.15) is 0 Å². The van der Waals surface area contributed by atoms with Gasteiger partial charge in [-0.3, -0.25) is 5.41 Å². The Morgan fingerprint density at radius 2 is 1.89 bits per heavy atom. The molecule has 0 amide bonds. The molecular formula is C15H23N3. The molecule has 0 saturated carbocycles. The summed E-state index contributed by atoms with van der Waals surface area (Å²) in [6, 6.07) is 10.8. The molecule has 1 aromatic rings. The van der Waals surface area contributed by atoms with Crippen LogP contribution in [-0.4, -0.2) is 30.4 Å². The Morgan fingerprint density at radius 1 is 1.22 bits per heavy atom. The van der Waals surface area contributed by atoms with E-state index in [1.54, 1.807) is 0 Å². The fraction of sp³-hybridized carbons (Fsp3) is 0.533.